The largest absolute Gasteiger partial charge is 0.352 e. The molecule has 0 atom stereocenters. The summed E-state index contributed by atoms with van der Waals surface area (Å²) < 4.78 is 2.02. The smallest absolute Gasteiger partial charge is 0.222 e. The lowest BCUT2D eigenvalue weighted by Gasteiger charge is -2.08. The zero-order chi connectivity index (χ0) is 16.4. The topological polar surface area (TPSA) is 59.0 Å². The molecule has 0 radical (unpaired) electrons. The van der Waals surface area contributed by atoms with Gasteiger partial charge in [-0.15, -0.1) is 0 Å². The third-order valence-electron chi connectivity index (χ3n) is 4.50. The molecule has 4 rings (SSSR count). The van der Waals surface area contributed by atoms with Crippen molar-refractivity contribution in [2.75, 3.05) is 0 Å². The molecule has 2 aromatic carbocycles. The van der Waals surface area contributed by atoms with E-state index in [9.17, 15) is 4.79 Å². The minimum atomic E-state index is 0.0615. The van der Waals surface area contributed by atoms with Gasteiger partial charge in [0, 0.05) is 32.6 Å². The highest BCUT2D eigenvalue weighted by Gasteiger charge is 2.10. The third kappa shape index (κ3) is 3.03. The molecular weight excluding hydrogens is 300 g/mol. The minimum Gasteiger partial charge on any atom is -0.352 e. The lowest BCUT2D eigenvalue weighted by molar-refractivity contribution is -0.121. The summed E-state index contributed by atoms with van der Waals surface area (Å²) in [6.45, 7) is 3.09. The fourth-order valence-electron chi connectivity index (χ4n) is 3.16. The molecule has 1 aromatic heterocycles. The van der Waals surface area contributed by atoms with Gasteiger partial charge in [-0.3, -0.25) is 4.79 Å². The van der Waals surface area contributed by atoms with Crippen LogP contribution in [-0.2, 0) is 31.0 Å². The molecule has 2 heterocycles. The fraction of sp³-hybridized carbons (Fsp3) is 0.263. The molecule has 0 unspecified atom stereocenters. The predicted molar refractivity (Wildman–Crippen MR) is 93.2 cm³/mol. The number of para-hydroxylation sites is 2. The number of rotatable bonds is 5. The van der Waals surface area contributed by atoms with Crippen molar-refractivity contribution in [3.63, 3.8) is 0 Å². The molecule has 24 heavy (non-hydrogen) atoms. The average molecular weight is 320 g/mol. The third-order valence-corrected chi connectivity index (χ3v) is 4.50. The predicted octanol–water partition coefficient (Wildman–Crippen LogP) is 2.35. The van der Waals surface area contributed by atoms with Crippen molar-refractivity contribution < 1.29 is 4.79 Å². The second kappa shape index (κ2) is 6.45. The van der Waals surface area contributed by atoms with Crippen molar-refractivity contribution in [1.29, 1.82) is 0 Å². The van der Waals surface area contributed by atoms with Crippen molar-refractivity contribution >= 4 is 16.9 Å². The number of benzene rings is 2. The van der Waals surface area contributed by atoms with Crippen molar-refractivity contribution in [2.24, 2.45) is 0 Å². The molecule has 3 aromatic rings. The summed E-state index contributed by atoms with van der Waals surface area (Å²) in [5, 5.41) is 6.34. The normalized spacial score (nSPS) is 13.2. The molecule has 0 spiro atoms. The summed E-state index contributed by atoms with van der Waals surface area (Å²) in [6, 6.07) is 14.4. The van der Waals surface area contributed by atoms with Gasteiger partial charge in [-0.2, -0.15) is 0 Å². The lowest BCUT2D eigenvalue weighted by Crippen LogP contribution is -2.23. The van der Waals surface area contributed by atoms with E-state index in [2.05, 4.69) is 33.8 Å². The number of nitrogens with one attached hydrogen (secondary N) is 2. The van der Waals surface area contributed by atoms with E-state index in [1.165, 1.54) is 11.1 Å². The number of fused-ring (bicyclic) bond motifs is 2. The van der Waals surface area contributed by atoms with Crippen LogP contribution in [0.3, 0.4) is 0 Å². The zero-order valence-corrected chi connectivity index (χ0v) is 13.5. The number of nitrogens with zero attached hydrogens (tertiary/aromatic N) is 2. The highest BCUT2D eigenvalue weighted by Crippen LogP contribution is 2.17. The molecule has 1 amide bonds. The summed E-state index contributed by atoms with van der Waals surface area (Å²) in [5.74, 6) is 0.0615. The first kappa shape index (κ1) is 14.9. The Labute approximate surface area is 140 Å². The summed E-state index contributed by atoms with van der Waals surface area (Å²) in [5.41, 5.74) is 5.88. The maximum absolute atomic E-state index is 12.1. The molecule has 0 saturated heterocycles. The van der Waals surface area contributed by atoms with Gasteiger partial charge in [-0.05, 0) is 28.8 Å². The number of hydrogen-bond donors (Lipinski definition) is 2. The number of hydrogen-bond acceptors (Lipinski definition) is 3. The van der Waals surface area contributed by atoms with Gasteiger partial charge in [0.2, 0.25) is 5.91 Å². The van der Waals surface area contributed by atoms with Crippen LogP contribution >= 0.6 is 0 Å². The van der Waals surface area contributed by atoms with Crippen molar-refractivity contribution in [1.82, 2.24) is 20.2 Å². The average Bonchev–Trinajstić information content (AvgIpc) is 3.24. The van der Waals surface area contributed by atoms with Crippen LogP contribution in [0.4, 0.5) is 0 Å². The van der Waals surface area contributed by atoms with Gasteiger partial charge in [-0.25, -0.2) is 4.98 Å². The Morgan fingerprint density at radius 3 is 3.00 bits per heavy atom. The number of carbonyl (C=O) groups is 1. The SMILES string of the molecule is O=C(CCn1cnc2ccccc21)NCc1ccc2c(c1)CNC2. The van der Waals surface area contributed by atoms with Crippen LogP contribution in [0.5, 0.6) is 0 Å². The lowest BCUT2D eigenvalue weighted by atomic mass is 10.1. The highest BCUT2D eigenvalue weighted by molar-refractivity contribution is 5.77. The summed E-state index contributed by atoms with van der Waals surface area (Å²) >= 11 is 0. The van der Waals surface area contributed by atoms with Crippen LogP contribution in [0.2, 0.25) is 0 Å². The van der Waals surface area contributed by atoms with E-state index < -0.39 is 0 Å². The van der Waals surface area contributed by atoms with E-state index in [-0.39, 0.29) is 5.91 Å². The number of carbonyl (C=O) groups excluding carboxylic acids is 1. The zero-order valence-electron chi connectivity index (χ0n) is 13.5. The molecule has 1 aliphatic rings. The molecule has 0 bridgehead atoms. The van der Waals surface area contributed by atoms with Gasteiger partial charge in [0.15, 0.2) is 0 Å². The minimum absolute atomic E-state index is 0.0615. The molecule has 122 valence electrons. The molecule has 0 aliphatic carbocycles. The van der Waals surface area contributed by atoms with Gasteiger partial charge in [0.05, 0.1) is 17.4 Å². The van der Waals surface area contributed by atoms with Gasteiger partial charge in [0.1, 0.15) is 0 Å². The second-order valence-corrected chi connectivity index (χ2v) is 6.16. The maximum Gasteiger partial charge on any atom is 0.222 e. The molecule has 0 saturated carbocycles. The number of imidazole rings is 1. The van der Waals surface area contributed by atoms with Crippen molar-refractivity contribution in [3.8, 4) is 0 Å². The standard InChI is InChI=1S/C19H20N4O/c24-19(7-8-23-13-22-17-3-1-2-4-18(17)23)21-10-14-5-6-15-11-20-12-16(15)9-14/h1-6,9,13,20H,7-8,10-12H2,(H,21,24). The van der Waals surface area contributed by atoms with Crippen LogP contribution in [0.25, 0.3) is 11.0 Å². The molecule has 0 fully saturated rings. The van der Waals surface area contributed by atoms with Gasteiger partial charge in [-0.1, -0.05) is 30.3 Å². The monoisotopic (exact) mass is 320 g/mol. The molecular formula is C19H20N4O. The summed E-state index contributed by atoms with van der Waals surface area (Å²) in [6.07, 6.45) is 2.25. The van der Waals surface area contributed by atoms with Gasteiger partial charge >= 0.3 is 0 Å². The van der Waals surface area contributed by atoms with E-state index in [1.54, 1.807) is 6.33 Å². The highest BCUT2D eigenvalue weighted by atomic mass is 16.1. The van der Waals surface area contributed by atoms with Crippen molar-refractivity contribution in [3.05, 3.63) is 65.5 Å². The molecule has 5 heteroatoms. The first-order valence-electron chi connectivity index (χ1n) is 8.27. The van der Waals surface area contributed by atoms with E-state index in [1.807, 2.05) is 28.8 Å². The first-order chi connectivity index (χ1) is 11.8. The van der Waals surface area contributed by atoms with Crippen LogP contribution in [0.15, 0.2) is 48.8 Å². The summed E-state index contributed by atoms with van der Waals surface area (Å²) in [7, 11) is 0. The van der Waals surface area contributed by atoms with E-state index in [0.29, 0.717) is 19.5 Å². The number of aromatic nitrogens is 2. The Kier molecular flexibility index (Phi) is 4.01. The van der Waals surface area contributed by atoms with Crippen LogP contribution in [0.1, 0.15) is 23.1 Å². The Hall–Kier alpha value is -2.66. The quantitative estimate of drug-likeness (QED) is 0.759. The Morgan fingerprint density at radius 2 is 2.04 bits per heavy atom. The number of aryl methyl sites for hydroxylation is 1. The Balaban J connectivity index is 1.32. The summed E-state index contributed by atoms with van der Waals surface area (Å²) in [4.78, 5) is 16.5. The van der Waals surface area contributed by atoms with E-state index >= 15 is 0 Å². The Morgan fingerprint density at radius 1 is 1.17 bits per heavy atom. The van der Waals surface area contributed by atoms with E-state index in [4.69, 9.17) is 0 Å². The maximum atomic E-state index is 12.1. The van der Waals surface area contributed by atoms with Gasteiger partial charge < -0.3 is 15.2 Å². The molecule has 5 nitrogen and oxygen atoms in total. The number of amides is 1. The van der Waals surface area contributed by atoms with Gasteiger partial charge in [0.25, 0.3) is 0 Å². The molecule has 1 aliphatic heterocycles. The van der Waals surface area contributed by atoms with Crippen LogP contribution < -0.4 is 10.6 Å². The van der Waals surface area contributed by atoms with Crippen molar-refractivity contribution in [2.45, 2.75) is 32.6 Å². The molecule has 2 N–H and O–H groups in total. The van der Waals surface area contributed by atoms with E-state index in [0.717, 1.165) is 29.7 Å². The fourth-order valence-corrected chi connectivity index (χ4v) is 3.16. The Bertz CT molecular complexity index is 884. The first-order valence-corrected chi connectivity index (χ1v) is 8.27. The second-order valence-electron chi connectivity index (χ2n) is 6.16. The van der Waals surface area contributed by atoms with Crippen LogP contribution in [0, 0.1) is 0 Å². The van der Waals surface area contributed by atoms with Crippen LogP contribution in [-0.4, -0.2) is 15.5 Å².